The van der Waals surface area contributed by atoms with E-state index >= 15 is 0 Å². The van der Waals surface area contributed by atoms with E-state index in [2.05, 4.69) is 5.32 Å². The molecule has 98 valence electrons. The van der Waals surface area contributed by atoms with Gasteiger partial charge in [-0.3, -0.25) is 4.79 Å². The average Bonchev–Trinajstić information content (AvgIpc) is 2.90. The molecule has 1 amide bonds. The third kappa shape index (κ3) is 3.96. The minimum absolute atomic E-state index is 0.129. The van der Waals surface area contributed by atoms with E-state index in [1.165, 1.54) is 0 Å². The first-order chi connectivity index (χ1) is 8.24. The van der Waals surface area contributed by atoms with E-state index in [9.17, 15) is 4.79 Å². The van der Waals surface area contributed by atoms with E-state index in [0.717, 1.165) is 51.7 Å². The second-order valence-corrected chi connectivity index (χ2v) is 5.42. The van der Waals surface area contributed by atoms with Crippen molar-refractivity contribution in [3.63, 3.8) is 0 Å². The minimum atomic E-state index is 0.129. The lowest BCUT2D eigenvalue weighted by atomic mass is 10.0. The molecule has 4 heteroatoms. The van der Waals surface area contributed by atoms with Gasteiger partial charge in [-0.25, -0.2) is 0 Å². The summed E-state index contributed by atoms with van der Waals surface area (Å²) in [5.74, 6) is 0.129. The molecule has 17 heavy (non-hydrogen) atoms. The number of carbonyl (C=O) groups is 1. The highest BCUT2D eigenvalue weighted by Gasteiger charge is 2.41. The zero-order valence-electron chi connectivity index (χ0n) is 10.4. The number of nitrogens with one attached hydrogen (secondary N) is 1. The fourth-order valence-electron chi connectivity index (χ4n) is 2.47. The van der Waals surface area contributed by atoms with E-state index in [1.54, 1.807) is 0 Å². The van der Waals surface area contributed by atoms with Crippen molar-refractivity contribution in [3.05, 3.63) is 0 Å². The Kier molecular flexibility index (Phi) is 4.40. The third-order valence-corrected chi connectivity index (χ3v) is 3.98. The SMILES string of the molecule is O=C(CCC1CCCO1)NCC1(CCO)CC1. The molecule has 0 aromatic heterocycles. The Morgan fingerprint density at radius 3 is 2.88 bits per heavy atom. The molecule has 2 rings (SSSR count). The van der Waals surface area contributed by atoms with Crippen molar-refractivity contribution in [1.29, 1.82) is 0 Å². The Morgan fingerprint density at radius 1 is 1.47 bits per heavy atom. The van der Waals surface area contributed by atoms with Crippen LogP contribution in [-0.2, 0) is 9.53 Å². The predicted molar refractivity (Wildman–Crippen MR) is 64.6 cm³/mol. The molecule has 1 heterocycles. The molecule has 2 fully saturated rings. The molecule has 1 atom stereocenters. The van der Waals surface area contributed by atoms with Gasteiger partial charge in [0.15, 0.2) is 0 Å². The second kappa shape index (κ2) is 5.83. The first-order valence-electron chi connectivity index (χ1n) is 6.73. The van der Waals surface area contributed by atoms with E-state index < -0.39 is 0 Å². The van der Waals surface area contributed by atoms with Crippen LogP contribution < -0.4 is 5.32 Å². The number of hydrogen-bond acceptors (Lipinski definition) is 3. The molecule has 1 saturated heterocycles. The van der Waals surface area contributed by atoms with Gasteiger partial charge in [-0.2, -0.15) is 0 Å². The van der Waals surface area contributed by atoms with Crippen LogP contribution in [-0.4, -0.2) is 36.9 Å². The number of aliphatic hydroxyl groups is 1. The molecular weight excluding hydrogens is 218 g/mol. The molecule has 0 radical (unpaired) electrons. The van der Waals surface area contributed by atoms with Crippen molar-refractivity contribution < 1.29 is 14.6 Å². The Hall–Kier alpha value is -0.610. The predicted octanol–water partition coefficient (Wildman–Crippen LogP) is 1.22. The number of ether oxygens (including phenoxy) is 1. The number of rotatable bonds is 7. The average molecular weight is 241 g/mol. The van der Waals surface area contributed by atoms with Crippen molar-refractivity contribution in [2.24, 2.45) is 5.41 Å². The van der Waals surface area contributed by atoms with Gasteiger partial charge >= 0.3 is 0 Å². The lowest BCUT2D eigenvalue weighted by Crippen LogP contribution is -2.31. The topological polar surface area (TPSA) is 58.6 Å². The van der Waals surface area contributed by atoms with Crippen molar-refractivity contribution in [2.45, 2.75) is 51.0 Å². The molecule has 0 aromatic rings. The van der Waals surface area contributed by atoms with Crippen LogP contribution in [0.1, 0.15) is 44.9 Å². The molecule has 0 aromatic carbocycles. The summed E-state index contributed by atoms with van der Waals surface area (Å²) in [6.07, 6.45) is 7.04. The van der Waals surface area contributed by atoms with Gasteiger partial charge in [0.2, 0.25) is 5.91 Å². The van der Waals surface area contributed by atoms with Crippen LogP contribution in [0.15, 0.2) is 0 Å². The lowest BCUT2D eigenvalue weighted by molar-refractivity contribution is -0.122. The summed E-state index contributed by atoms with van der Waals surface area (Å²) in [4.78, 5) is 11.6. The highest BCUT2D eigenvalue weighted by Crippen LogP contribution is 2.47. The molecule has 1 aliphatic carbocycles. The van der Waals surface area contributed by atoms with Crippen LogP contribution in [0.3, 0.4) is 0 Å². The summed E-state index contributed by atoms with van der Waals surface area (Å²) < 4.78 is 5.49. The molecule has 0 spiro atoms. The summed E-state index contributed by atoms with van der Waals surface area (Å²) in [6, 6.07) is 0. The maximum Gasteiger partial charge on any atom is 0.220 e. The number of carbonyl (C=O) groups excluding carboxylic acids is 1. The van der Waals surface area contributed by atoms with E-state index in [-0.39, 0.29) is 17.9 Å². The number of amides is 1. The second-order valence-electron chi connectivity index (χ2n) is 5.42. The monoisotopic (exact) mass is 241 g/mol. The molecule has 1 unspecified atom stereocenters. The maximum atomic E-state index is 11.6. The zero-order valence-corrected chi connectivity index (χ0v) is 10.4. The summed E-state index contributed by atoms with van der Waals surface area (Å²) in [6.45, 7) is 1.82. The van der Waals surface area contributed by atoms with Gasteiger partial charge in [0, 0.05) is 26.2 Å². The van der Waals surface area contributed by atoms with Crippen molar-refractivity contribution in [3.8, 4) is 0 Å². The summed E-state index contributed by atoms with van der Waals surface area (Å²) in [5, 5.41) is 11.9. The van der Waals surface area contributed by atoms with Gasteiger partial charge in [0.05, 0.1) is 6.10 Å². The van der Waals surface area contributed by atoms with Gasteiger partial charge in [0.1, 0.15) is 0 Å². The highest BCUT2D eigenvalue weighted by atomic mass is 16.5. The van der Waals surface area contributed by atoms with E-state index in [4.69, 9.17) is 9.84 Å². The smallest absolute Gasteiger partial charge is 0.220 e. The summed E-state index contributed by atoms with van der Waals surface area (Å²) in [7, 11) is 0. The molecule has 4 nitrogen and oxygen atoms in total. The highest BCUT2D eigenvalue weighted by molar-refractivity contribution is 5.75. The molecule has 2 N–H and O–H groups in total. The van der Waals surface area contributed by atoms with Crippen molar-refractivity contribution in [1.82, 2.24) is 5.32 Å². The van der Waals surface area contributed by atoms with Gasteiger partial charge in [0.25, 0.3) is 0 Å². The Bertz CT molecular complexity index is 257. The summed E-state index contributed by atoms with van der Waals surface area (Å²) in [5.41, 5.74) is 0.217. The molecule has 0 bridgehead atoms. The van der Waals surface area contributed by atoms with Gasteiger partial charge < -0.3 is 15.2 Å². The largest absolute Gasteiger partial charge is 0.396 e. The van der Waals surface area contributed by atoms with Crippen molar-refractivity contribution >= 4 is 5.91 Å². The Balaban J connectivity index is 1.57. The molecule has 1 saturated carbocycles. The molecule has 1 aliphatic heterocycles. The Morgan fingerprint density at radius 2 is 2.29 bits per heavy atom. The van der Waals surface area contributed by atoms with E-state index in [0.29, 0.717) is 12.5 Å². The fraction of sp³-hybridized carbons (Fsp3) is 0.923. The standard InChI is InChI=1S/C13H23NO3/c15-8-7-13(5-6-13)10-14-12(16)4-3-11-2-1-9-17-11/h11,15H,1-10H2,(H,14,16). The van der Waals surface area contributed by atoms with Gasteiger partial charge in [-0.15, -0.1) is 0 Å². The molecule has 2 aliphatic rings. The first-order valence-corrected chi connectivity index (χ1v) is 6.73. The summed E-state index contributed by atoms with van der Waals surface area (Å²) >= 11 is 0. The van der Waals surface area contributed by atoms with E-state index in [1.807, 2.05) is 0 Å². The van der Waals surface area contributed by atoms with Gasteiger partial charge in [-0.05, 0) is 43.9 Å². The number of aliphatic hydroxyl groups excluding tert-OH is 1. The minimum Gasteiger partial charge on any atom is -0.396 e. The third-order valence-electron chi connectivity index (χ3n) is 3.98. The normalized spacial score (nSPS) is 25.8. The Labute approximate surface area is 103 Å². The quantitative estimate of drug-likeness (QED) is 0.704. The van der Waals surface area contributed by atoms with Gasteiger partial charge in [-0.1, -0.05) is 0 Å². The van der Waals surface area contributed by atoms with Crippen molar-refractivity contribution in [2.75, 3.05) is 19.8 Å². The van der Waals surface area contributed by atoms with Crippen LogP contribution in [0.4, 0.5) is 0 Å². The number of hydrogen-bond donors (Lipinski definition) is 2. The fourth-order valence-corrected chi connectivity index (χ4v) is 2.47. The van der Waals surface area contributed by atoms with Crippen LogP contribution in [0.25, 0.3) is 0 Å². The van der Waals surface area contributed by atoms with Crippen LogP contribution in [0.2, 0.25) is 0 Å². The lowest BCUT2D eigenvalue weighted by Gasteiger charge is -2.15. The maximum absolute atomic E-state index is 11.6. The molecular formula is C13H23NO3. The first kappa shape index (κ1) is 12.8. The van der Waals surface area contributed by atoms with Crippen LogP contribution in [0.5, 0.6) is 0 Å². The zero-order chi connectivity index (χ0) is 12.1. The van der Waals surface area contributed by atoms with Crippen LogP contribution in [0, 0.1) is 5.41 Å². The van der Waals surface area contributed by atoms with Crippen LogP contribution >= 0.6 is 0 Å².